The molecule has 0 aliphatic carbocycles. The zero-order valence-electron chi connectivity index (χ0n) is 18.3. The van der Waals surface area contributed by atoms with E-state index in [4.69, 9.17) is 14.3 Å². The predicted octanol–water partition coefficient (Wildman–Crippen LogP) is 6.14. The molecule has 6 nitrogen and oxygen atoms in total. The van der Waals surface area contributed by atoms with E-state index in [1.54, 1.807) is 0 Å². The molecule has 0 amide bonds. The monoisotopic (exact) mass is 450 g/mol. The summed E-state index contributed by atoms with van der Waals surface area (Å²) in [6.07, 6.45) is 14.6. The maximum absolute atomic E-state index is 11.2. The van der Waals surface area contributed by atoms with E-state index >= 15 is 0 Å². The summed E-state index contributed by atoms with van der Waals surface area (Å²) in [4.78, 5) is 16.1. The van der Waals surface area contributed by atoms with Crippen molar-refractivity contribution >= 4 is 17.7 Å². The second-order valence-corrected chi connectivity index (χ2v) is 11.8. The Bertz CT molecular complexity index is 711. The average Bonchev–Trinajstić information content (AvgIpc) is 2.54. The Hall–Kier alpha value is -0.720. The zero-order chi connectivity index (χ0) is 22.5. The van der Waals surface area contributed by atoms with E-state index < -0.39 is 22.7 Å². The van der Waals surface area contributed by atoms with E-state index in [-0.39, 0.29) is 6.42 Å². The van der Waals surface area contributed by atoms with E-state index in [2.05, 4.69) is 45.9 Å². The number of hydrogen-bond donors (Lipinski definition) is 3. The van der Waals surface area contributed by atoms with Gasteiger partial charge in [0.2, 0.25) is 0 Å². The van der Waals surface area contributed by atoms with Gasteiger partial charge in [-0.15, -0.1) is 0 Å². The third kappa shape index (κ3) is 15.7. The van der Waals surface area contributed by atoms with E-state index in [1.165, 1.54) is 16.7 Å². The summed E-state index contributed by atoms with van der Waals surface area (Å²) in [7, 11) is -9.59. The van der Waals surface area contributed by atoms with E-state index in [0.717, 1.165) is 44.9 Å². The third-order valence-corrected chi connectivity index (χ3v) is 8.29. The first-order valence-electron chi connectivity index (χ1n) is 10.3. The van der Waals surface area contributed by atoms with Crippen molar-refractivity contribution < 1.29 is 27.3 Å². The Morgan fingerprint density at radius 3 is 1.79 bits per heavy atom. The molecule has 0 radical (unpaired) electrons. The molecule has 170 valence electrons. The van der Waals surface area contributed by atoms with Gasteiger partial charge in [0.1, 0.15) is 0 Å². The fraction of sp³-hybridized carbons (Fsp3) is 0.714. The minimum Gasteiger partial charge on any atom is -0.323 e. The Balaban J connectivity index is 4.02. The fourth-order valence-corrected chi connectivity index (χ4v) is 5.37. The number of rotatable bonds is 15. The summed E-state index contributed by atoms with van der Waals surface area (Å²) in [5.41, 5.74) is 4.14. The Kier molecular flexibility index (Phi) is 14.0. The first-order chi connectivity index (χ1) is 13.3. The zero-order valence-corrected chi connectivity index (χ0v) is 20.0. The number of allylic oxidation sites excluding steroid dienone is 6. The van der Waals surface area contributed by atoms with Crippen molar-refractivity contribution in [2.75, 3.05) is 0 Å². The van der Waals surface area contributed by atoms with Gasteiger partial charge in [0.25, 0.3) is 10.1 Å². The maximum atomic E-state index is 11.2. The van der Waals surface area contributed by atoms with Gasteiger partial charge >= 0.3 is 7.60 Å². The Labute approximate surface area is 177 Å². The van der Waals surface area contributed by atoms with Gasteiger partial charge in [-0.1, -0.05) is 54.2 Å². The highest BCUT2D eigenvalue weighted by Crippen LogP contribution is 2.46. The third-order valence-electron chi connectivity index (χ3n) is 4.74. The molecule has 8 heteroatoms. The molecule has 1 unspecified atom stereocenters. The lowest BCUT2D eigenvalue weighted by Gasteiger charge is -2.14. The van der Waals surface area contributed by atoms with Gasteiger partial charge in [-0.3, -0.25) is 9.12 Å². The molecule has 0 aromatic carbocycles. The average molecular weight is 451 g/mol. The van der Waals surface area contributed by atoms with Crippen LogP contribution in [-0.4, -0.2) is 27.7 Å². The van der Waals surface area contributed by atoms with Crippen LogP contribution in [0.1, 0.15) is 91.9 Å². The molecule has 0 heterocycles. The van der Waals surface area contributed by atoms with Crippen LogP contribution in [0.15, 0.2) is 34.9 Å². The fourth-order valence-electron chi connectivity index (χ4n) is 2.99. The van der Waals surface area contributed by atoms with Crippen molar-refractivity contribution in [2.24, 2.45) is 0 Å². The number of unbranched alkanes of at least 4 members (excludes halogenated alkanes) is 4. The quantitative estimate of drug-likeness (QED) is 0.120. The summed E-state index contributed by atoms with van der Waals surface area (Å²) in [6.45, 7) is 8.54. The minimum absolute atomic E-state index is 0.225. The molecule has 3 N–H and O–H groups in total. The molecule has 0 aromatic heterocycles. The predicted molar refractivity (Wildman–Crippen MR) is 120 cm³/mol. The van der Waals surface area contributed by atoms with Gasteiger partial charge in [-0.05, 0) is 72.6 Å². The van der Waals surface area contributed by atoms with Crippen LogP contribution in [0.3, 0.4) is 0 Å². The van der Waals surface area contributed by atoms with Crippen LogP contribution in [0.5, 0.6) is 0 Å². The van der Waals surface area contributed by atoms with Crippen LogP contribution in [0.4, 0.5) is 0 Å². The molecule has 1 atom stereocenters. The van der Waals surface area contributed by atoms with Crippen molar-refractivity contribution in [3.8, 4) is 0 Å². The molecule has 0 rings (SSSR count). The summed E-state index contributed by atoms with van der Waals surface area (Å²) >= 11 is 0. The molecule has 0 aliphatic heterocycles. The van der Waals surface area contributed by atoms with Crippen LogP contribution < -0.4 is 0 Å². The summed E-state index contributed by atoms with van der Waals surface area (Å²) in [5, 5.41) is 0. The Morgan fingerprint density at radius 1 is 0.828 bits per heavy atom. The van der Waals surface area contributed by atoms with Crippen LogP contribution in [0, 0.1) is 0 Å². The summed E-state index contributed by atoms with van der Waals surface area (Å²) in [6, 6.07) is 0. The van der Waals surface area contributed by atoms with Crippen molar-refractivity contribution in [3.63, 3.8) is 0 Å². The highest BCUT2D eigenvalue weighted by atomic mass is 32.2. The lowest BCUT2D eigenvalue weighted by molar-refractivity contribution is 0.359. The smallest absolute Gasteiger partial charge is 0.323 e. The normalized spacial score (nSPS) is 14.7. The second-order valence-electron chi connectivity index (χ2n) is 8.01. The van der Waals surface area contributed by atoms with Gasteiger partial charge in [0, 0.05) is 0 Å². The van der Waals surface area contributed by atoms with Crippen molar-refractivity contribution in [1.82, 2.24) is 0 Å². The molecule has 0 bridgehead atoms. The van der Waals surface area contributed by atoms with E-state index in [9.17, 15) is 13.0 Å². The molecule has 0 saturated heterocycles. The van der Waals surface area contributed by atoms with E-state index in [1.807, 2.05) is 0 Å². The topological polar surface area (TPSA) is 112 Å². The van der Waals surface area contributed by atoms with Gasteiger partial charge in [-0.25, -0.2) is 0 Å². The molecule has 0 aliphatic rings. The lowest BCUT2D eigenvalue weighted by Crippen LogP contribution is -2.20. The standard InChI is InChI=1S/C21H39O6PS/c1-18(2)12-10-14-20(4)16-11-15-19(3)13-8-6-5-7-9-17-21(28(22,23)24)29(25,26)27/h12-13,16,21H,5-11,14-15,17H2,1-4H3,(H2,22,23,24)(H,25,26,27)/b19-13+,20-16+. The van der Waals surface area contributed by atoms with Crippen LogP contribution in [-0.2, 0) is 14.7 Å². The molecular weight excluding hydrogens is 411 g/mol. The first-order valence-corrected chi connectivity index (χ1v) is 13.5. The summed E-state index contributed by atoms with van der Waals surface area (Å²) in [5.74, 6) is 0. The second kappa shape index (κ2) is 14.3. The molecular formula is C21H39O6PS. The van der Waals surface area contributed by atoms with Gasteiger partial charge < -0.3 is 9.79 Å². The van der Waals surface area contributed by atoms with Gasteiger partial charge in [0.05, 0.1) is 0 Å². The SMILES string of the molecule is CC(C)=CCC/C(C)=C/CC/C(C)=C/CCCCCCC(P(=O)(O)O)S(=O)(=O)O. The van der Waals surface area contributed by atoms with Gasteiger partial charge in [0.15, 0.2) is 4.99 Å². The molecule has 29 heavy (non-hydrogen) atoms. The number of hydrogen-bond acceptors (Lipinski definition) is 3. The maximum Gasteiger partial charge on any atom is 0.346 e. The van der Waals surface area contributed by atoms with Crippen LogP contribution in [0.2, 0.25) is 0 Å². The van der Waals surface area contributed by atoms with E-state index in [0.29, 0.717) is 12.8 Å². The van der Waals surface area contributed by atoms with Gasteiger partial charge in [-0.2, -0.15) is 8.42 Å². The minimum atomic E-state index is -4.86. The van der Waals surface area contributed by atoms with Crippen LogP contribution in [0.25, 0.3) is 0 Å². The summed E-state index contributed by atoms with van der Waals surface area (Å²) < 4.78 is 42.3. The highest BCUT2D eigenvalue weighted by Gasteiger charge is 2.38. The van der Waals surface area contributed by atoms with Crippen molar-refractivity contribution in [3.05, 3.63) is 34.9 Å². The molecule has 0 fully saturated rings. The first kappa shape index (κ1) is 28.3. The highest BCUT2D eigenvalue weighted by molar-refractivity contribution is 7.93. The lowest BCUT2D eigenvalue weighted by atomic mass is 10.0. The molecule has 0 spiro atoms. The Morgan fingerprint density at radius 2 is 1.31 bits per heavy atom. The molecule has 0 saturated carbocycles. The molecule has 0 aromatic rings. The van der Waals surface area contributed by atoms with Crippen molar-refractivity contribution in [1.29, 1.82) is 0 Å². The van der Waals surface area contributed by atoms with Crippen molar-refractivity contribution in [2.45, 2.75) is 96.9 Å². The largest absolute Gasteiger partial charge is 0.346 e. The van der Waals surface area contributed by atoms with Crippen LogP contribution >= 0.6 is 7.60 Å².